The average Bonchev–Trinajstić information content (AvgIpc) is 3.02. The molecule has 1 atom stereocenters. The van der Waals surface area contributed by atoms with Crippen LogP contribution in [-0.4, -0.2) is 15.5 Å². The second kappa shape index (κ2) is 7.38. The fourth-order valence-electron chi connectivity index (χ4n) is 3.54. The molecule has 0 fully saturated rings. The number of carbonyl (C=O) groups excluding carboxylic acids is 1. The van der Waals surface area contributed by atoms with Gasteiger partial charge in [-0.15, -0.1) is 11.3 Å². The second-order valence-corrected chi connectivity index (χ2v) is 8.58. The molecule has 2 aromatic heterocycles. The van der Waals surface area contributed by atoms with Gasteiger partial charge in [-0.25, -0.2) is 4.98 Å². The lowest BCUT2D eigenvalue weighted by atomic mass is 9.89. The lowest BCUT2D eigenvalue weighted by Crippen LogP contribution is -2.28. The zero-order valence-corrected chi connectivity index (χ0v) is 16.7. The highest BCUT2D eigenvalue weighted by atomic mass is 35.5. The van der Waals surface area contributed by atoms with Crippen molar-refractivity contribution in [2.24, 2.45) is 5.92 Å². The molecule has 0 bridgehead atoms. The zero-order chi connectivity index (χ0) is 19.8. The fourth-order valence-corrected chi connectivity index (χ4v) is 5.05. The van der Waals surface area contributed by atoms with Crippen LogP contribution in [-0.2, 0) is 24.2 Å². The van der Waals surface area contributed by atoms with Crippen LogP contribution >= 0.6 is 22.9 Å². The van der Waals surface area contributed by atoms with Crippen LogP contribution < -0.4 is 10.9 Å². The van der Waals surface area contributed by atoms with E-state index in [1.165, 1.54) is 27.9 Å². The number of nitrogens with one attached hydrogen (secondary N) is 1. The van der Waals surface area contributed by atoms with Crippen LogP contribution in [0.25, 0.3) is 10.2 Å². The summed E-state index contributed by atoms with van der Waals surface area (Å²) in [6, 6.07) is 6.64. The number of hydrogen-bond donors (Lipinski definition) is 1. The topological polar surface area (TPSA) is 87.8 Å². The molecule has 0 saturated carbocycles. The van der Waals surface area contributed by atoms with Gasteiger partial charge in [0.25, 0.3) is 5.56 Å². The first-order chi connectivity index (χ1) is 13.5. The van der Waals surface area contributed by atoms with Gasteiger partial charge in [0, 0.05) is 9.90 Å². The molecule has 0 aliphatic heterocycles. The molecule has 6 nitrogen and oxygen atoms in total. The van der Waals surface area contributed by atoms with E-state index in [2.05, 4.69) is 17.2 Å². The van der Waals surface area contributed by atoms with E-state index < -0.39 is 5.91 Å². The maximum Gasteiger partial charge on any atom is 0.262 e. The number of nitriles is 1. The molecule has 1 N–H and O–H groups in total. The SMILES string of the molecule is CC1CCc2c(sc3ncn(CC(=O)Nc4cc(Cl)ccc4C#N)c(=O)c23)C1. The average molecular weight is 413 g/mol. The highest BCUT2D eigenvalue weighted by molar-refractivity contribution is 7.18. The van der Waals surface area contributed by atoms with Crippen LogP contribution in [0.2, 0.25) is 5.02 Å². The van der Waals surface area contributed by atoms with Gasteiger partial charge in [0.1, 0.15) is 17.4 Å². The molecule has 4 rings (SSSR count). The lowest BCUT2D eigenvalue weighted by molar-refractivity contribution is -0.116. The number of benzene rings is 1. The Morgan fingerprint density at radius 3 is 3.11 bits per heavy atom. The molecule has 3 aromatic rings. The van der Waals surface area contributed by atoms with E-state index in [-0.39, 0.29) is 12.1 Å². The zero-order valence-electron chi connectivity index (χ0n) is 15.2. The van der Waals surface area contributed by atoms with Crippen molar-refractivity contribution >= 4 is 44.7 Å². The monoisotopic (exact) mass is 412 g/mol. The van der Waals surface area contributed by atoms with Gasteiger partial charge in [-0.2, -0.15) is 5.26 Å². The maximum absolute atomic E-state index is 13.0. The summed E-state index contributed by atoms with van der Waals surface area (Å²) >= 11 is 7.53. The summed E-state index contributed by atoms with van der Waals surface area (Å²) in [7, 11) is 0. The van der Waals surface area contributed by atoms with Crippen molar-refractivity contribution in [3.8, 4) is 6.07 Å². The van der Waals surface area contributed by atoms with Gasteiger partial charge in [0.15, 0.2) is 0 Å². The number of halogens is 1. The molecule has 0 radical (unpaired) electrons. The predicted octanol–water partition coefficient (Wildman–Crippen LogP) is 3.75. The Morgan fingerprint density at radius 1 is 1.50 bits per heavy atom. The van der Waals surface area contributed by atoms with E-state index in [1.807, 2.05) is 6.07 Å². The molecule has 1 aliphatic rings. The van der Waals surface area contributed by atoms with Gasteiger partial charge < -0.3 is 5.32 Å². The van der Waals surface area contributed by atoms with Crippen LogP contribution in [0.3, 0.4) is 0 Å². The number of thiophene rings is 1. The molecule has 8 heteroatoms. The number of anilines is 1. The fraction of sp³-hybridized carbons (Fsp3) is 0.300. The molecule has 1 unspecified atom stereocenters. The third kappa shape index (κ3) is 3.41. The Labute approximate surface area is 170 Å². The third-order valence-corrected chi connectivity index (χ3v) is 6.37. The summed E-state index contributed by atoms with van der Waals surface area (Å²) in [4.78, 5) is 31.8. The predicted molar refractivity (Wildman–Crippen MR) is 110 cm³/mol. The molecular formula is C20H17ClN4O2S. The molecule has 1 amide bonds. The van der Waals surface area contributed by atoms with Crippen molar-refractivity contribution in [2.45, 2.75) is 32.7 Å². The smallest absolute Gasteiger partial charge is 0.262 e. The summed E-state index contributed by atoms with van der Waals surface area (Å²) in [5, 5.41) is 12.9. The molecule has 1 aromatic carbocycles. The Balaban J connectivity index is 1.63. The number of aryl methyl sites for hydroxylation is 1. The number of amides is 1. The van der Waals surface area contributed by atoms with Crippen LogP contribution in [0.4, 0.5) is 5.69 Å². The van der Waals surface area contributed by atoms with E-state index in [4.69, 9.17) is 11.6 Å². The molecule has 2 heterocycles. The Kier molecular flexibility index (Phi) is 4.92. The maximum atomic E-state index is 13.0. The normalized spacial score (nSPS) is 15.8. The molecular weight excluding hydrogens is 396 g/mol. The second-order valence-electron chi connectivity index (χ2n) is 7.06. The third-order valence-electron chi connectivity index (χ3n) is 4.97. The van der Waals surface area contributed by atoms with Crippen molar-refractivity contribution in [2.75, 3.05) is 5.32 Å². The molecule has 0 saturated heterocycles. The van der Waals surface area contributed by atoms with Crippen molar-refractivity contribution in [3.05, 3.63) is 55.9 Å². The molecule has 1 aliphatic carbocycles. The van der Waals surface area contributed by atoms with Gasteiger partial charge in [-0.05, 0) is 48.9 Å². The number of aromatic nitrogens is 2. The molecule has 0 spiro atoms. The number of rotatable bonds is 3. The summed E-state index contributed by atoms with van der Waals surface area (Å²) in [6.07, 6.45) is 4.32. The number of carbonyl (C=O) groups is 1. The van der Waals surface area contributed by atoms with E-state index in [9.17, 15) is 14.9 Å². The first-order valence-electron chi connectivity index (χ1n) is 8.95. The van der Waals surface area contributed by atoms with Crippen molar-refractivity contribution < 1.29 is 4.79 Å². The number of nitrogens with zero attached hydrogens (tertiary/aromatic N) is 3. The Hall–Kier alpha value is -2.69. The van der Waals surface area contributed by atoms with Crippen LogP contribution in [0.5, 0.6) is 0 Å². The van der Waals surface area contributed by atoms with E-state index in [0.717, 1.165) is 29.7 Å². The Morgan fingerprint density at radius 2 is 2.32 bits per heavy atom. The minimum atomic E-state index is -0.417. The number of hydrogen-bond acceptors (Lipinski definition) is 5. The molecule has 28 heavy (non-hydrogen) atoms. The van der Waals surface area contributed by atoms with Crippen LogP contribution in [0, 0.1) is 17.2 Å². The largest absolute Gasteiger partial charge is 0.323 e. The highest BCUT2D eigenvalue weighted by Gasteiger charge is 2.23. The quantitative estimate of drug-likeness (QED) is 0.709. The summed E-state index contributed by atoms with van der Waals surface area (Å²) in [5.41, 5.74) is 1.52. The highest BCUT2D eigenvalue weighted by Crippen LogP contribution is 2.35. The van der Waals surface area contributed by atoms with E-state index in [1.54, 1.807) is 17.4 Å². The summed E-state index contributed by atoms with van der Waals surface area (Å²) < 4.78 is 1.32. The minimum absolute atomic E-state index is 0.180. The van der Waals surface area contributed by atoms with Gasteiger partial charge in [-0.3, -0.25) is 14.2 Å². The first-order valence-corrected chi connectivity index (χ1v) is 10.1. The van der Waals surface area contributed by atoms with Crippen LogP contribution in [0.15, 0.2) is 29.3 Å². The molecule has 142 valence electrons. The first kappa shape index (κ1) is 18.7. The number of fused-ring (bicyclic) bond motifs is 3. The van der Waals surface area contributed by atoms with E-state index >= 15 is 0 Å². The van der Waals surface area contributed by atoms with Crippen molar-refractivity contribution in [1.29, 1.82) is 5.26 Å². The van der Waals surface area contributed by atoms with Crippen molar-refractivity contribution in [3.63, 3.8) is 0 Å². The summed E-state index contributed by atoms with van der Waals surface area (Å²) in [6.45, 7) is 2.04. The lowest BCUT2D eigenvalue weighted by Gasteiger charge is -2.17. The van der Waals surface area contributed by atoms with Gasteiger partial charge in [-0.1, -0.05) is 18.5 Å². The van der Waals surface area contributed by atoms with Gasteiger partial charge in [0.2, 0.25) is 5.91 Å². The Bertz CT molecular complexity index is 1190. The van der Waals surface area contributed by atoms with Crippen LogP contribution in [0.1, 0.15) is 29.3 Å². The van der Waals surface area contributed by atoms with Gasteiger partial charge >= 0.3 is 0 Å². The minimum Gasteiger partial charge on any atom is -0.323 e. The van der Waals surface area contributed by atoms with Crippen molar-refractivity contribution in [1.82, 2.24) is 9.55 Å². The standard InChI is InChI=1S/C20H17ClN4O2S/c1-11-2-5-14-16(6-11)28-19-18(14)20(27)25(10-23-19)9-17(26)24-15-7-13(21)4-3-12(15)8-22/h3-4,7,10-11H,2,5-6,9H2,1H3,(H,24,26). The van der Waals surface area contributed by atoms with E-state index in [0.29, 0.717) is 27.6 Å². The summed E-state index contributed by atoms with van der Waals surface area (Å²) in [5.74, 6) is 0.195. The van der Waals surface area contributed by atoms with Gasteiger partial charge in [0.05, 0.1) is 23.0 Å².